The van der Waals surface area contributed by atoms with Gasteiger partial charge in [0.05, 0.1) is 5.92 Å². The molecule has 2 rings (SSSR count). The van der Waals surface area contributed by atoms with Gasteiger partial charge in [0, 0.05) is 13.1 Å². The molecule has 0 aromatic carbocycles. The predicted molar refractivity (Wildman–Crippen MR) is 87.3 cm³/mol. The van der Waals surface area contributed by atoms with Crippen LogP contribution in [0.5, 0.6) is 0 Å². The Kier molecular flexibility index (Phi) is 5.89. The maximum Gasteiger partial charge on any atom is 0.407 e. The molecule has 0 bridgehead atoms. The highest BCUT2D eigenvalue weighted by molar-refractivity contribution is 5.71. The molecular formula is C17H30N2O4. The maximum absolute atomic E-state index is 11.7. The summed E-state index contributed by atoms with van der Waals surface area (Å²) in [6, 6.07) is 0. The van der Waals surface area contributed by atoms with Crippen LogP contribution in [0.2, 0.25) is 0 Å². The molecule has 1 aliphatic heterocycles. The predicted octanol–water partition coefficient (Wildman–Crippen LogP) is 2.33. The van der Waals surface area contributed by atoms with E-state index in [-0.39, 0.29) is 12.0 Å². The Morgan fingerprint density at radius 3 is 2.30 bits per heavy atom. The molecule has 2 unspecified atom stereocenters. The number of carbonyl (C=O) groups is 2. The van der Waals surface area contributed by atoms with E-state index in [0.717, 1.165) is 45.3 Å². The molecule has 2 N–H and O–H groups in total. The van der Waals surface area contributed by atoms with E-state index in [9.17, 15) is 9.59 Å². The highest BCUT2D eigenvalue weighted by atomic mass is 16.6. The summed E-state index contributed by atoms with van der Waals surface area (Å²) in [5.74, 6) is 0.0265. The van der Waals surface area contributed by atoms with Gasteiger partial charge in [0.15, 0.2) is 0 Å². The molecule has 1 amide bonds. The van der Waals surface area contributed by atoms with Crippen LogP contribution in [-0.4, -0.2) is 53.8 Å². The monoisotopic (exact) mass is 326 g/mol. The Hall–Kier alpha value is -1.30. The van der Waals surface area contributed by atoms with Crippen molar-refractivity contribution in [1.29, 1.82) is 0 Å². The largest absolute Gasteiger partial charge is 0.481 e. The number of piperidine rings is 1. The summed E-state index contributed by atoms with van der Waals surface area (Å²) in [6.07, 6.45) is 3.60. The first-order chi connectivity index (χ1) is 10.7. The van der Waals surface area contributed by atoms with Gasteiger partial charge in [-0.1, -0.05) is 0 Å². The number of carboxylic acid groups (broad SMARTS) is 1. The number of ether oxygens (including phenoxy) is 1. The smallest absolute Gasteiger partial charge is 0.407 e. The maximum atomic E-state index is 11.7. The zero-order valence-corrected chi connectivity index (χ0v) is 14.5. The fourth-order valence-electron chi connectivity index (χ4n) is 3.36. The molecule has 6 nitrogen and oxygen atoms in total. The van der Waals surface area contributed by atoms with Gasteiger partial charge in [-0.3, -0.25) is 4.79 Å². The van der Waals surface area contributed by atoms with Crippen LogP contribution in [0, 0.1) is 17.8 Å². The quantitative estimate of drug-likeness (QED) is 0.811. The number of carbonyl (C=O) groups excluding carboxylic acids is 1. The van der Waals surface area contributed by atoms with Gasteiger partial charge in [-0.25, -0.2) is 4.79 Å². The van der Waals surface area contributed by atoms with Crippen LogP contribution in [0.1, 0.15) is 46.5 Å². The number of hydrogen-bond donors (Lipinski definition) is 2. The molecule has 23 heavy (non-hydrogen) atoms. The van der Waals surface area contributed by atoms with Gasteiger partial charge in [-0.15, -0.1) is 0 Å². The summed E-state index contributed by atoms with van der Waals surface area (Å²) in [7, 11) is 0. The fourth-order valence-corrected chi connectivity index (χ4v) is 3.36. The summed E-state index contributed by atoms with van der Waals surface area (Å²) < 4.78 is 5.24. The standard InChI is InChI=1S/C17H30N2O4/c1-17(2,3)23-16(22)18-10-12-6-8-19(9-7-12)11-13-4-5-14(13)15(20)21/h12-14H,4-11H2,1-3H3,(H,18,22)(H,20,21). The van der Waals surface area contributed by atoms with Crippen LogP contribution < -0.4 is 5.32 Å². The Morgan fingerprint density at radius 1 is 1.17 bits per heavy atom. The van der Waals surface area contributed by atoms with Crippen molar-refractivity contribution >= 4 is 12.1 Å². The van der Waals surface area contributed by atoms with Crippen molar-refractivity contribution < 1.29 is 19.4 Å². The number of alkyl carbamates (subject to hydrolysis) is 1. The molecule has 0 aromatic rings. The molecule has 2 aliphatic rings. The average molecular weight is 326 g/mol. The van der Waals surface area contributed by atoms with Crippen molar-refractivity contribution in [3.8, 4) is 0 Å². The third kappa shape index (κ3) is 5.68. The van der Waals surface area contributed by atoms with Gasteiger partial charge >= 0.3 is 12.1 Å². The molecule has 1 aliphatic carbocycles. The van der Waals surface area contributed by atoms with Gasteiger partial charge in [0.2, 0.25) is 0 Å². The van der Waals surface area contributed by atoms with Crippen LogP contribution in [-0.2, 0) is 9.53 Å². The number of carboxylic acids is 1. The number of nitrogens with zero attached hydrogens (tertiary/aromatic N) is 1. The van der Waals surface area contributed by atoms with Gasteiger partial charge < -0.3 is 20.1 Å². The minimum atomic E-state index is -0.641. The van der Waals surface area contributed by atoms with E-state index < -0.39 is 11.6 Å². The van der Waals surface area contributed by atoms with Crippen molar-refractivity contribution in [2.75, 3.05) is 26.2 Å². The summed E-state index contributed by atoms with van der Waals surface area (Å²) in [4.78, 5) is 25.1. The van der Waals surface area contributed by atoms with Gasteiger partial charge in [0.1, 0.15) is 5.60 Å². The van der Waals surface area contributed by atoms with E-state index in [1.54, 1.807) is 0 Å². The van der Waals surface area contributed by atoms with Crippen LogP contribution >= 0.6 is 0 Å². The summed E-state index contributed by atoms with van der Waals surface area (Å²) in [5.41, 5.74) is -0.461. The fraction of sp³-hybridized carbons (Fsp3) is 0.882. The molecule has 2 fully saturated rings. The number of amides is 1. The lowest BCUT2D eigenvalue weighted by Gasteiger charge is -2.40. The minimum absolute atomic E-state index is 0.137. The third-order valence-corrected chi connectivity index (χ3v) is 4.87. The Labute approximate surface area is 138 Å². The highest BCUT2D eigenvalue weighted by Crippen LogP contribution is 2.35. The second-order valence-corrected chi connectivity index (χ2v) is 7.91. The van der Waals surface area contributed by atoms with E-state index in [1.807, 2.05) is 20.8 Å². The van der Waals surface area contributed by atoms with E-state index in [2.05, 4.69) is 10.2 Å². The number of likely N-dealkylation sites (tertiary alicyclic amines) is 1. The van der Waals surface area contributed by atoms with Gasteiger partial charge in [-0.2, -0.15) is 0 Å². The zero-order chi connectivity index (χ0) is 17.0. The molecule has 6 heteroatoms. The summed E-state index contributed by atoms with van der Waals surface area (Å²) >= 11 is 0. The van der Waals surface area contributed by atoms with E-state index in [0.29, 0.717) is 18.4 Å². The molecule has 1 saturated carbocycles. The van der Waals surface area contributed by atoms with Crippen LogP contribution in [0.4, 0.5) is 4.79 Å². The van der Waals surface area contributed by atoms with E-state index in [1.165, 1.54) is 0 Å². The molecule has 0 radical (unpaired) electrons. The minimum Gasteiger partial charge on any atom is -0.481 e. The highest BCUT2D eigenvalue weighted by Gasteiger charge is 2.37. The number of hydrogen-bond acceptors (Lipinski definition) is 4. The molecular weight excluding hydrogens is 296 g/mol. The average Bonchev–Trinajstić information content (AvgIpc) is 2.40. The Morgan fingerprint density at radius 2 is 1.83 bits per heavy atom. The lowest BCUT2D eigenvalue weighted by molar-refractivity contribution is -0.148. The van der Waals surface area contributed by atoms with Crippen molar-refractivity contribution in [2.45, 2.75) is 52.1 Å². The lowest BCUT2D eigenvalue weighted by Crippen LogP contribution is -2.45. The van der Waals surface area contributed by atoms with Crippen molar-refractivity contribution in [3.63, 3.8) is 0 Å². The number of rotatable bonds is 5. The zero-order valence-electron chi connectivity index (χ0n) is 14.5. The molecule has 132 valence electrons. The SMILES string of the molecule is CC(C)(C)OC(=O)NCC1CCN(CC2CCC2C(=O)O)CC1. The van der Waals surface area contributed by atoms with Crippen molar-refractivity contribution in [2.24, 2.45) is 17.8 Å². The summed E-state index contributed by atoms with van der Waals surface area (Å²) in [5, 5.41) is 12.0. The number of aliphatic carboxylic acids is 1. The lowest BCUT2D eigenvalue weighted by atomic mass is 9.73. The molecule has 1 saturated heterocycles. The van der Waals surface area contributed by atoms with Gasteiger partial charge in [-0.05, 0) is 71.4 Å². The first kappa shape index (κ1) is 18.0. The van der Waals surface area contributed by atoms with Crippen molar-refractivity contribution in [3.05, 3.63) is 0 Å². The molecule has 0 spiro atoms. The first-order valence-corrected chi connectivity index (χ1v) is 8.66. The Bertz CT molecular complexity index is 425. The molecule has 0 aromatic heterocycles. The molecule has 2 atom stereocenters. The first-order valence-electron chi connectivity index (χ1n) is 8.66. The normalized spacial score (nSPS) is 26.4. The Balaban J connectivity index is 1.62. The second kappa shape index (κ2) is 7.51. The van der Waals surface area contributed by atoms with Crippen LogP contribution in [0.25, 0.3) is 0 Å². The topological polar surface area (TPSA) is 78.9 Å². The van der Waals surface area contributed by atoms with Crippen LogP contribution in [0.15, 0.2) is 0 Å². The third-order valence-electron chi connectivity index (χ3n) is 4.87. The van der Waals surface area contributed by atoms with Gasteiger partial charge in [0.25, 0.3) is 0 Å². The van der Waals surface area contributed by atoms with E-state index >= 15 is 0 Å². The van der Waals surface area contributed by atoms with E-state index in [4.69, 9.17) is 9.84 Å². The summed E-state index contributed by atoms with van der Waals surface area (Å²) in [6.45, 7) is 9.11. The van der Waals surface area contributed by atoms with Crippen LogP contribution in [0.3, 0.4) is 0 Å². The second-order valence-electron chi connectivity index (χ2n) is 7.91. The molecule has 1 heterocycles. The number of nitrogens with one attached hydrogen (secondary N) is 1. The van der Waals surface area contributed by atoms with Crippen molar-refractivity contribution in [1.82, 2.24) is 10.2 Å².